The van der Waals surface area contributed by atoms with E-state index in [-0.39, 0.29) is 12.3 Å². The van der Waals surface area contributed by atoms with Crippen molar-refractivity contribution in [2.24, 2.45) is 0 Å². The fourth-order valence-electron chi connectivity index (χ4n) is 3.03. The van der Waals surface area contributed by atoms with Crippen molar-refractivity contribution >= 4 is 40.6 Å². The molecule has 1 N–H and O–H groups in total. The van der Waals surface area contributed by atoms with Crippen molar-refractivity contribution in [1.29, 1.82) is 0 Å². The summed E-state index contributed by atoms with van der Waals surface area (Å²) < 4.78 is 10.5. The Morgan fingerprint density at radius 2 is 1.85 bits per heavy atom. The molecule has 1 aliphatic rings. The molecular formula is C20H23ClN2O3S. The highest BCUT2D eigenvalue weighted by Gasteiger charge is 2.15. The van der Waals surface area contributed by atoms with Gasteiger partial charge in [0.1, 0.15) is 0 Å². The Bertz CT molecular complexity index is 810. The fraction of sp³-hybridized carbons (Fsp3) is 0.350. The van der Waals surface area contributed by atoms with E-state index in [4.69, 9.17) is 21.1 Å². The molecule has 0 aliphatic carbocycles. The second kappa shape index (κ2) is 9.24. The second-order valence-corrected chi connectivity index (χ2v) is 7.81. The number of halogens is 1. The molecule has 0 aromatic heterocycles. The van der Waals surface area contributed by atoms with E-state index in [1.807, 2.05) is 42.1 Å². The van der Waals surface area contributed by atoms with E-state index >= 15 is 0 Å². The van der Waals surface area contributed by atoms with Gasteiger partial charge in [0.2, 0.25) is 5.91 Å². The quantitative estimate of drug-likeness (QED) is 0.782. The lowest BCUT2D eigenvalue weighted by Crippen LogP contribution is -2.32. The van der Waals surface area contributed by atoms with Gasteiger partial charge in [-0.1, -0.05) is 17.7 Å². The highest BCUT2D eigenvalue weighted by atomic mass is 35.5. The molecule has 1 saturated heterocycles. The number of carbonyl (C=O) groups excluding carboxylic acids is 1. The number of anilines is 2. The summed E-state index contributed by atoms with van der Waals surface area (Å²) in [6.07, 6.45) is 0.239. The van der Waals surface area contributed by atoms with Gasteiger partial charge >= 0.3 is 0 Å². The minimum absolute atomic E-state index is 0.111. The summed E-state index contributed by atoms with van der Waals surface area (Å²) in [6, 6.07) is 11.1. The average Bonchev–Trinajstić information content (AvgIpc) is 2.68. The van der Waals surface area contributed by atoms with E-state index in [1.165, 1.54) is 0 Å². The Morgan fingerprint density at radius 3 is 2.52 bits per heavy atom. The van der Waals surface area contributed by atoms with Crippen molar-refractivity contribution < 1.29 is 14.3 Å². The van der Waals surface area contributed by atoms with Crippen molar-refractivity contribution in [3.8, 4) is 11.5 Å². The number of amides is 1. The SMILES string of the molecule is COc1ccc(CC(=O)Nc2ccc(N3CCSCC3)c(Cl)c2)cc1OC. The average molecular weight is 407 g/mol. The zero-order valence-electron chi connectivity index (χ0n) is 15.5. The van der Waals surface area contributed by atoms with Crippen LogP contribution in [0.25, 0.3) is 0 Å². The number of nitrogens with one attached hydrogen (secondary N) is 1. The van der Waals surface area contributed by atoms with Crippen LogP contribution in [0.2, 0.25) is 5.02 Å². The summed E-state index contributed by atoms with van der Waals surface area (Å²) >= 11 is 8.41. The van der Waals surface area contributed by atoms with Crippen LogP contribution in [-0.2, 0) is 11.2 Å². The maximum absolute atomic E-state index is 12.4. The second-order valence-electron chi connectivity index (χ2n) is 6.18. The van der Waals surface area contributed by atoms with Crippen LogP contribution >= 0.6 is 23.4 Å². The Labute approximate surface area is 169 Å². The third kappa shape index (κ3) is 5.02. The maximum atomic E-state index is 12.4. The molecule has 0 unspecified atom stereocenters. The first-order valence-electron chi connectivity index (χ1n) is 8.73. The minimum Gasteiger partial charge on any atom is -0.493 e. The molecule has 0 spiro atoms. The number of hydrogen-bond acceptors (Lipinski definition) is 5. The van der Waals surface area contributed by atoms with E-state index in [9.17, 15) is 4.79 Å². The summed E-state index contributed by atoms with van der Waals surface area (Å²) in [7, 11) is 3.16. The normalized spacial score (nSPS) is 14.0. The van der Waals surface area contributed by atoms with Gasteiger partial charge in [-0.05, 0) is 35.9 Å². The lowest BCUT2D eigenvalue weighted by Gasteiger charge is -2.29. The molecule has 1 heterocycles. The van der Waals surface area contributed by atoms with E-state index in [0.29, 0.717) is 22.2 Å². The molecule has 0 bridgehead atoms. The first-order chi connectivity index (χ1) is 13.1. The number of thioether (sulfide) groups is 1. The number of benzene rings is 2. The third-order valence-corrected chi connectivity index (χ3v) is 5.64. The Morgan fingerprint density at radius 1 is 1.11 bits per heavy atom. The fourth-order valence-corrected chi connectivity index (χ4v) is 4.23. The molecule has 0 radical (unpaired) electrons. The molecule has 2 aromatic carbocycles. The predicted molar refractivity (Wildman–Crippen MR) is 113 cm³/mol. The number of methoxy groups -OCH3 is 2. The van der Waals surface area contributed by atoms with Gasteiger partial charge in [-0.15, -0.1) is 0 Å². The van der Waals surface area contributed by atoms with Gasteiger partial charge in [0.25, 0.3) is 0 Å². The Hall–Kier alpha value is -2.05. The summed E-state index contributed by atoms with van der Waals surface area (Å²) in [5, 5.41) is 3.57. The molecule has 2 aromatic rings. The van der Waals surface area contributed by atoms with Crippen LogP contribution in [0.1, 0.15) is 5.56 Å². The van der Waals surface area contributed by atoms with Gasteiger partial charge in [-0.3, -0.25) is 4.79 Å². The lowest BCUT2D eigenvalue weighted by molar-refractivity contribution is -0.115. The molecule has 5 nitrogen and oxygen atoms in total. The topological polar surface area (TPSA) is 50.8 Å². The molecule has 0 saturated carbocycles. The van der Waals surface area contributed by atoms with Gasteiger partial charge in [0, 0.05) is 30.3 Å². The Kier molecular flexibility index (Phi) is 6.74. The van der Waals surface area contributed by atoms with Crippen molar-refractivity contribution in [3.05, 3.63) is 47.0 Å². The van der Waals surface area contributed by atoms with E-state index in [2.05, 4.69) is 10.2 Å². The highest BCUT2D eigenvalue weighted by molar-refractivity contribution is 7.99. The number of carbonyl (C=O) groups is 1. The first kappa shape index (κ1) is 19.7. The van der Waals surface area contributed by atoms with Crippen LogP contribution in [0, 0.1) is 0 Å². The molecule has 27 heavy (non-hydrogen) atoms. The van der Waals surface area contributed by atoms with Crippen LogP contribution < -0.4 is 19.7 Å². The van der Waals surface area contributed by atoms with Crippen molar-refractivity contribution in [2.75, 3.05) is 49.0 Å². The molecule has 7 heteroatoms. The summed E-state index contributed by atoms with van der Waals surface area (Å²) in [5.74, 6) is 3.36. The zero-order valence-corrected chi connectivity index (χ0v) is 17.0. The minimum atomic E-state index is -0.111. The molecule has 1 amide bonds. The lowest BCUT2D eigenvalue weighted by atomic mass is 10.1. The smallest absolute Gasteiger partial charge is 0.228 e. The monoisotopic (exact) mass is 406 g/mol. The summed E-state index contributed by atoms with van der Waals surface area (Å²) in [6.45, 7) is 1.99. The van der Waals surface area contributed by atoms with E-state index in [0.717, 1.165) is 35.8 Å². The highest BCUT2D eigenvalue weighted by Crippen LogP contribution is 2.31. The van der Waals surface area contributed by atoms with E-state index < -0.39 is 0 Å². The molecule has 1 aliphatic heterocycles. The van der Waals surface area contributed by atoms with Gasteiger partial charge in [-0.2, -0.15) is 11.8 Å². The molecule has 0 atom stereocenters. The molecule has 1 fully saturated rings. The van der Waals surface area contributed by atoms with Crippen LogP contribution in [0.4, 0.5) is 11.4 Å². The zero-order chi connectivity index (χ0) is 19.2. The summed E-state index contributed by atoms with van der Waals surface area (Å²) in [5.41, 5.74) is 2.56. The van der Waals surface area contributed by atoms with Crippen LogP contribution in [-0.4, -0.2) is 44.7 Å². The van der Waals surface area contributed by atoms with Crippen LogP contribution in [0.15, 0.2) is 36.4 Å². The van der Waals surface area contributed by atoms with Gasteiger partial charge in [0.15, 0.2) is 11.5 Å². The van der Waals surface area contributed by atoms with Crippen molar-refractivity contribution in [1.82, 2.24) is 0 Å². The molecular weight excluding hydrogens is 384 g/mol. The van der Waals surface area contributed by atoms with Crippen LogP contribution in [0.5, 0.6) is 11.5 Å². The summed E-state index contributed by atoms with van der Waals surface area (Å²) in [4.78, 5) is 14.7. The van der Waals surface area contributed by atoms with Gasteiger partial charge in [-0.25, -0.2) is 0 Å². The molecule has 3 rings (SSSR count). The number of nitrogens with zero attached hydrogens (tertiary/aromatic N) is 1. The van der Waals surface area contributed by atoms with Crippen LogP contribution in [0.3, 0.4) is 0 Å². The standard InChI is InChI=1S/C20H23ClN2O3S/c1-25-18-6-3-14(11-19(18)26-2)12-20(24)22-15-4-5-17(16(21)13-15)23-7-9-27-10-8-23/h3-6,11,13H,7-10,12H2,1-2H3,(H,22,24). The number of hydrogen-bond donors (Lipinski definition) is 1. The van der Waals surface area contributed by atoms with Crippen molar-refractivity contribution in [2.45, 2.75) is 6.42 Å². The van der Waals surface area contributed by atoms with Gasteiger partial charge < -0.3 is 19.7 Å². The first-order valence-corrected chi connectivity index (χ1v) is 10.3. The maximum Gasteiger partial charge on any atom is 0.228 e. The third-order valence-electron chi connectivity index (χ3n) is 4.40. The molecule has 144 valence electrons. The number of rotatable bonds is 6. The largest absolute Gasteiger partial charge is 0.493 e. The van der Waals surface area contributed by atoms with E-state index in [1.54, 1.807) is 20.3 Å². The Balaban J connectivity index is 1.64. The van der Waals surface area contributed by atoms with Gasteiger partial charge in [0.05, 0.1) is 31.4 Å². The number of ether oxygens (including phenoxy) is 2. The predicted octanol–water partition coefficient (Wildman–Crippen LogP) is 4.09. The van der Waals surface area contributed by atoms with Crippen molar-refractivity contribution in [3.63, 3.8) is 0 Å².